The summed E-state index contributed by atoms with van der Waals surface area (Å²) in [6.45, 7) is 4.42. The first-order chi connectivity index (χ1) is 16.0. The number of nitrogens with one attached hydrogen (secondary N) is 2. The van der Waals surface area contributed by atoms with Gasteiger partial charge in [0.1, 0.15) is 6.61 Å². The van der Waals surface area contributed by atoms with Crippen LogP contribution in [0.5, 0.6) is 0 Å². The minimum Gasteiger partial charge on any atom is -0.445 e. The Morgan fingerprint density at radius 3 is 2.52 bits per heavy atom. The van der Waals surface area contributed by atoms with Crippen LogP contribution >= 0.6 is 0 Å². The number of hydrogen-bond donors (Lipinski definition) is 3. The Hall–Kier alpha value is -3.54. The number of allylic oxidation sites excluding steroid dienone is 2. The second-order valence-electron chi connectivity index (χ2n) is 8.27. The third kappa shape index (κ3) is 6.97. The Kier molecular flexibility index (Phi) is 8.70. The highest BCUT2D eigenvalue weighted by Gasteiger charge is 2.18. The molecule has 0 saturated heterocycles. The van der Waals surface area contributed by atoms with E-state index in [4.69, 9.17) is 10.5 Å². The zero-order valence-electron chi connectivity index (χ0n) is 19.3. The molecule has 33 heavy (non-hydrogen) atoms. The van der Waals surface area contributed by atoms with E-state index in [0.717, 1.165) is 36.8 Å². The SMILES string of the molecule is CCC[C@@H](NC(=O)OCc1ccc(C(=O)Nc2ccccc2N)cc1)C1=CCC(CC)C=C1. The molecule has 1 aliphatic rings. The van der Waals surface area contributed by atoms with Gasteiger partial charge in [-0.3, -0.25) is 4.79 Å². The number of para-hydroxylation sites is 2. The monoisotopic (exact) mass is 447 g/mol. The number of nitrogen functional groups attached to an aromatic ring is 1. The molecule has 0 saturated carbocycles. The van der Waals surface area contributed by atoms with Gasteiger partial charge in [0.25, 0.3) is 5.91 Å². The fourth-order valence-electron chi connectivity index (χ4n) is 3.74. The van der Waals surface area contributed by atoms with Crippen LogP contribution in [0.1, 0.15) is 55.5 Å². The van der Waals surface area contributed by atoms with Gasteiger partial charge in [-0.1, -0.05) is 62.8 Å². The Balaban J connectivity index is 1.51. The molecule has 2 amide bonds. The summed E-state index contributed by atoms with van der Waals surface area (Å²) in [4.78, 5) is 24.9. The summed E-state index contributed by atoms with van der Waals surface area (Å²) >= 11 is 0. The first-order valence-electron chi connectivity index (χ1n) is 11.6. The van der Waals surface area contributed by atoms with E-state index in [-0.39, 0.29) is 18.6 Å². The van der Waals surface area contributed by atoms with Crippen molar-refractivity contribution in [2.75, 3.05) is 11.1 Å². The smallest absolute Gasteiger partial charge is 0.407 e. The number of carbonyl (C=O) groups is 2. The van der Waals surface area contributed by atoms with Gasteiger partial charge >= 0.3 is 6.09 Å². The minimum absolute atomic E-state index is 0.0481. The van der Waals surface area contributed by atoms with Crippen LogP contribution in [0.3, 0.4) is 0 Å². The fourth-order valence-corrected chi connectivity index (χ4v) is 3.74. The molecule has 2 atom stereocenters. The number of anilines is 2. The molecule has 4 N–H and O–H groups in total. The van der Waals surface area contributed by atoms with E-state index < -0.39 is 6.09 Å². The summed E-state index contributed by atoms with van der Waals surface area (Å²) in [7, 11) is 0. The summed E-state index contributed by atoms with van der Waals surface area (Å²) in [5.74, 6) is 0.331. The van der Waals surface area contributed by atoms with Crippen molar-refractivity contribution in [3.05, 3.63) is 83.5 Å². The van der Waals surface area contributed by atoms with Crippen molar-refractivity contribution < 1.29 is 14.3 Å². The average Bonchev–Trinajstić information content (AvgIpc) is 2.84. The van der Waals surface area contributed by atoms with Crippen molar-refractivity contribution in [1.29, 1.82) is 0 Å². The number of benzene rings is 2. The highest BCUT2D eigenvalue weighted by atomic mass is 16.5. The second kappa shape index (κ2) is 11.9. The summed E-state index contributed by atoms with van der Waals surface area (Å²) in [5.41, 5.74) is 9.40. The van der Waals surface area contributed by atoms with Crippen LogP contribution in [0.25, 0.3) is 0 Å². The van der Waals surface area contributed by atoms with Gasteiger partial charge < -0.3 is 21.1 Å². The highest BCUT2D eigenvalue weighted by Crippen LogP contribution is 2.23. The maximum Gasteiger partial charge on any atom is 0.407 e. The third-order valence-electron chi connectivity index (χ3n) is 5.81. The number of nitrogens with two attached hydrogens (primary N) is 1. The Labute approximate surface area is 195 Å². The molecule has 1 unspecified atom stereocenters. The average molecular weight is 448 g/mol. The van der Waals surface area contributed by atoms with Crippen LogP contribution in [0, 0.1) is 5.92 Å². The zero-order valence-corrected chi connectivity index (χ0v) is 19.3. The molecular weight excluding hydrogens is 414 g/mol. The largest absolute Gasteiger partial charge is 0.445 e. The number of hydrogen-bond acceptors (Lipinski definition) is 4. The fraction of sp³-hybridized carbons (Fsp3) is 0.333. The van der Waals surface area contributed by atoms with Crippen LogP contribution in [0.15, 0.2) is 72.3 Å². The lowest BCUT2D eigenvalue weighted by molar-refractivity contribution is 0.102. The highest BCUT2D eigenvalue weighted by molar-refractivity contribution is 6.05. The summed E-state index contributed by atoms with van der Waals surface area (Å²) in [5, 5.41) is 5.79. The first kappa shape index (κ1) is 24.1. The lowest BCUT2D eigenvalue weighted by Crippen LogP contribution is -2.36. The quantitative estimate of drug-likeness (QED) is 0.422. The molecule has 6 heteroatoms. The maximum absolute atomic E-state index is 12.4. The van der Waals surface area contributed by atoms with E-state index in [1.807, 2.05) is 12.1 Å². The van der Waals surface area contributed by atoms with Crippen molar-refractivity contribution in [1.82, 2.24) is 5.32 Å². The molecular formula is C27H33N3O3. The van der Waals surface area contributed by atoms with Crippen LogP contribution in [-0.2, 0) is 11.3 Å². The van der Waals surface area contributed by atoms with E-state index in [0.29, 0.717) is 22.9 Å². The van der Waals surface area contributed by atoms with Gasteiger partial charge in [0.15, 0.2) is 0 Å². The second-order valence-corrected chi connectivity index (χ2v) is 8.27. The molecule has 3 rings (SSSR count). The Morgan fingerprint density at radius 1 is 1.12 bits per heavy atom. The maximum atomic E-state index is 12.4. The molecule has 2 aromatic rings. The lowest BCUT2D eigenvalue weighted by Gasteiger charge is -2.23. The molecule has 0 radical (unpaired) electrons. The van der Waals surface area contributed by atoms with Crippen LogP contribution in [0.4, 0.5) is 16.2 Å². The van der Waals surface area contributed by atoms with Crippen molar-refractivity contribution >= 4 is 23.4 Å². The number of rotatable bonds is 9. The van der Waals surface area contributed by atoms with E-state index in [2.05, 4.69) is 42.7 Å². The molecule has 2 aromatic carbocycles. The first-order valence-corrected chi connectivity index (χ1v) is 11.6. The van der Waals surface area contributed by atoms with Crippen LogP contribution in [0.2, 0.25) is 0 Å². The van der Waals surface area contributed by atoms with E-state index in [1.165, 1.54) is 0 Å². The van der Waals surface area contributed by atoms with Gasteiger partial charge in [-0.15, -0.1) is 0 Å². The molecule has 0 bridgehead atoms. The summed E-state index contributed by atoms with van der Waals surface area (Å²) < 4.78 is 5.43. The molecule has 0 heterocycles. The van der Waals surface area contributed by atoms with Crippen LogP contribution < -0.4 is 16.4 Å². The van der Waals surface area contributed by atoms with E-state index in [9.17, 15) is 9.59 Å². The lowest BCUT2D eigenvalue weighted by atomic mass is 9.90. The third-order valence-corrected chi connectivity index (χ3v) is 5.81. The molecule has 0 fully saturated rings. The van der Waals surface area contributed by atoms with Gasteiger partial charge in [-0.2, -0.15) is 0 Å². The number of carbonyl (C=O) groups excluding carboxylic acids is 2. The molecule has 1 aliphatic carbocycles. The van der Waals surface area contributed by atoms with E-state index >= 15 is 0 Å². The molecule has 0 aliphatic heterocycles. The Bertz CT molecular complexity index is 1010. The number of alkyl carbamates (subject to hydrolysis) is 1. The van der Waals surface area contributed by atoms with Gasteiger partial charge in [0, 0.05) is 5.56 Å². The minimum atomic E-state index is -0.443. The van der Waals surface area contributed by atoms with Gasteiger partial charge in [0.2, 0.25) is 0 Å². The topological polar surface area (TPSA) is 93.4 Å². The Morgan fingerprint density at radius 2 is 1.88 bits per heavy atom. The standard InChI is InChI=1S/C27H33N3O3/c1-3-7-24(21-14-10-19(4-2)11-15-21)30-27(32)33-18-20-12-16-22(17-13-20)26(31)29-25-9-6-5-8-23(25)28/h5-6,8-10,12-17,19,24H,3-4,7,11,18,28H2,1-2H3,(H,29,31)(H,30,32)/t19?,24-/m1/s1. The van der Waals surface area contributed by atoms with Crippen molar-refractivity contribution in [3.8, 4) is 0 Å². The zero-order chi connectivity index (χ0) is 23.6. The van der Waals surface area contributed by atoms with Crippen molar-refractivity contribution in [2.45, 2.75) is 52.2 Å². The molecule has 174 valence electrons. The van der Waals surface area contributed by atoms with Crippen molar-refractivity contribution in [3.63, 3.8) is 0 Å². The van der Waals surface area contributed by atoms with Crippen LogP contribution in [-0.4, -0.2) is 18.0 Å². The molecule has 6 nitrogen and oxygen atoms in total. The number of amides is 2. The van der Waals surface area contributed by atoms with E-state index in [1.54, 1.807) is 36.4 Å². The van der Waals surface area contributed by atoms with Gasteiger partial charge in [0.05, 0.1) is 17.4 Å². The summed E-state index contributed by atoms with van der Waals surface area (Å²) in [6.07, 6.45) is 10.1. The van der Waals surface area contributed by atoms with Gasteiger partial charge in [-0.05, 0) is 60.6 Å². The van der Waals surface area contributed by atoms with Crippen molar-refractivity contribution in [2.24, 2.45) is 5.92 Å². The molecule has 0 spiro atoms. The predicted molar refractivity (Wildman–Crippen MR) is 133 cm³/mol. The predicted octanol–water partition coefficient (Wildman–Crippen LogP) is 5.83. The normalized spacial score (nSPS) is 15.9. The molecule has 0 aromatic heterocycles. The summed E-state index contributed by atoms with van der Waals surface area (Å²) in [6, 6.07) is 14.0. The number of ether oxygens (including phenoxy) is 1. The van der Waals surface area contributed by atoms with Gasteiger partial charge in [-0.25, -0.2) is 4.79 Å².